The number of nitro benzene ring substituents is 1. The van der Waals surface area contributed by atoms with E-state index in [1.807, 2.05) is 0 Å². The van der Waals surface area contributed by atoms with Crippen molar-refractivity contribution in [2.24, 2.45) is 0 Å². The number of rotatable bonds is 3. The van der Waals surface area contributed by atoms with Crippen LogP contribution in [-0.2, 0) is 0 Å². The molecule has 96 valence electrons. The molecule has 6 nitrogen and oxygen atoms in total. The molecule has 0 saturated heterocycles. The normalized spacial score (nSPS) is 10.1. The summed E-state index contributed by atoms with van der Waals surface area (Å²) in [5.74, 6) is -1.67. The summed E-state index contributed by atoms with van der Waals surface area (Å²) in [5, 5.41) is 29.4. The molecule has 0 atom stereocenters. The predicted octanol–water partition coefficient (Wildman–Crippen LogP) is 2.67. The van der Waals surface area contributed by atoms with E-state index in [4.69, 9.17) is 5.11 Å². The number of hydrogen-bond acceptors (Lipinski definition) is 4. The summed E-state index contributed by atoms with van der Waals surface area (Å²) in [6.07, 6.45) is 0. The number of carboxylic acids is 1. The van der Waals surface area contributed by atoms with E-state index in [1.165, 1.54) is 36.4 Å². The molecular formula is C13H9NO5. The zero-order valence-corrected chi connectivity index (χ0v) is 9.61. The second-order valence-corrected chi connectivity index (χ2v) is 3.81. The fourth-order valence-corrected chi connectivity index (χ4v) is 1.79. The Balaban J connectivity index is 2.65. The van der Waals surface area contributed by atoms with Crippen LogP contribution in [0.2, 0.25) is 0 Å². The zero-order valence-electron chi connectivity index (χ0n) is 9.61. The van der Waals surface area contributed by atoms with Gasteiger partial charge in [0.15, 0.2) is 0 Å². The molecule has 2 aromatic carbocycles. The summed E-state index contributed by atoms with van der Waals surface area (Å²) in [6, 6.07) is 9.81. The molecule has 0 heterocycles. The standard InChI is InChI=1S/C13H9NO5/c15-11-6-2-5-10(12(11)13(16)17)8-3-1-4-9(7-8)14(18)19/h1-7,15H,(H,16,17). The van der Waals surface area contributed by atoms with Gasteiger partial charge in [-0.1, -0.05) is 24.3 Å². The fourth-order valence-electron chi connectivity index (χ4n) is 1.79. The molecule has 0 aliphatic heterocycles. The molecule has 0 aliphatic carbocycles. The smallest absolute Gasteiger partial charge is 0.340 e. The molecular weight excluding hydrogens is 250 g/mol. The number of nitrogens with zero attached hydrogens (tertiary/aromatic N) is 1. The minimum atomic E-state index is -1.29. The molecule has 2 rings (SSSR count). The lowest BCUT2D eigenvalue weighted by Gasteiger charge is -2.07. The maximum Gasteiger partial charge on any atom is 0.340 e. The van der Waals surface area contributed by atoms with E-state index in [-0.39, 0.29) is 22.6 Å². The van der Waals surface area contributed by atoms with Crippen LogP contribution in [0.5, 0.6) is 5.75 Å². The summed E-state index contributed by atoms with van der Waals surface area (Å²) >= 11 is 0. The Labute approximate surface area is 107 Å². The molecule has 0 aromatic heterocycles. The predicted molar refractivity (Wildman–Crippen MR) is 67.2 cm³/mol. The molecule has 0 unspecified atom stereocenters. The van der Waals surface area contributed by atoms with Crippen LogP contribution >= 0.6 is 0 Å². The largest absolute Gasteiger partial charge is 0.507 e. The van der Waals surface area contributed by atoms with Crippen LogP contribution in [0.3, 0.4) is 0 Å². The first-order chi connectivity index (χ1) is 9.00. The average Bonchev–Trinajstić information content (AvgIpc) is 2.38. The highest BCUT2D eigenvalue weighted by Crippen LogP contribution is 2.31. The van der Waals surface area contributed by atoms with E-state index < -0.39 is 10.9 Å². The third kappa shape index (κ3) is 2.37. The van der Waals surface area contributed by atoms with Gasteiger partial charge in [-0.25, -0.2) is 4.79 Å². The van der Waals surface area contributed by atoms with Gasteiger partial charge in [0, 0.05) is 17.7 Å². The number of nitro groups is 1. The molecule has 19 heavy (non-hydrogen) atoms. The molecule has 0 spiro atoms. The van der Waals surface area contributed by atoms with Gasteiger partial charge in [-0.2, -0.15) is 0 Å². The summed E-state index contributed by atoms with van der Waals surface area (Å²) in [4.78, 5) is 21.3. The molecule has 0 aliphatic rings. The SMILES string of the molecule is O=C(O)c1c(O)cccc1-c1cccc([N+](=O)[O-])c1. The van der Waals surface area contributed by atoms with Crippen molar-refractivity contribution < 1.29 is 19.9 Å². The van der Waals surface area contributed by atoms with Gasteiger partial charge >= 0.3 is 5.97 Å². The number of carboxylic acid groups (broad SMARTS) is 1. The van der Waals surface area contributed by atoms with Gasteiger partial charge in [0.1, 0.15) is 11.3 Å². The molecule has 2 N–H and O–H groups in total. The number of aromatic hydroxyl groups is 1. The Bertz CT molecular complexity index is 666. The van der Waals surface area contributed by atoms with E-state index in [0.29, 0.717) is 5.56 Å². The van der Waals surface area contributed by atoms with Gasteiger partial charge in [0.05, 0.1) is 4.92 Å². The first-order valence-corrected chi connectivity index (χ1v) is 5.31. The topological polar surface area (TPSA) is 101 Å². The van der Waals surface area contributed by atoms with Crippen LogP contribution in [0.1, 0.15) is 10.4 Å². The third-order valence-electron chi connectivity index (χ3n) is 2.62. The van der Waals surface area contributed by atoms with E-state index in [9.17, 15) is 20.0 Å². The van der Waals surface area contributed by atoms with Crippen molar-refractivity contribution in [2.45, 2.75) is 0 Å². The lowest BCUT2D eigenvalue weighted by molar-refractivity contribution is -0.384. The maximum absolute atomic E-state index is 11.1. The highest BCUT2D eigenvalue weighted by molar-refractivity contribution is 5.99. The Morgan fingerprint density at radius 2 is 1.84 bits per heavy atom. The van der Waals surface area contributed by atoms with Crippen molar-refractivity contribution in [3.63, 3.8) is 0 Å². The highest BCUT2D eigenvalue weighted by Gasteiger charge is 2.17. The number of carbonyl (C=O) groups is 1. The Morgan fingerprint density at radius 3 is 2.47 bits per heavy atom. The van der Waals surface area contributed by atoms with Crippen LogP contribution < -0.4 is 0 Å². The van der Waals surface area contributed by atoms with Crippen LogP contribution in [0, 0.1) is 10.1 Å². The van der Waals surface area contributed by atoms with E-state index in [2.05, 4.69) is 0 Å². The van der Waals surface area contributed by atoms with Crippen molar-refractivity contribution in [3.8, 4) is 16.9 Å². The number of hydrogen-bond donors (Lipinski definition) is 2. The Kier molecular flexibility index (Phi) is 3.15. The van der Waals surface area contributed by atoms with Gasteiger partial charge < -0.3 is 10.2 Å². The number of benzene rings is 2. The summed E-state index contributed by atoms with van der Waals surface area (Å²) in [7, 11) is 0. The van der Waals surface area contributed by atoms with Crippen molar-refractivity contribution in [3.05, 3.63) is 58.1 Å². The number of non-ortho nitro benzene ring substituents is 1. The quantitative estimate of drug-likeness (QED) is 0.651. The van der Waals surface area contributed by atoms with Crippen LogP contribution in [0.25, 0.3) is 11.1 Å². The van der Waals surface area contributed by atoms with E-state index >= 15 is 0 Å². The second kappa shape index (κ2) is 4.77. The Morgan fingerprint density at radius 1 is 1.16 bits per heavy atom. The van der Waals surface area contributed by atoms with Crippen molar-refractivity contribution in [2.75, 3.05) is 0 Å². The molecule has 0 bridgehead atoms. The molecule has 0 amide bonds. The monoisotopic (exact) mass is 259 g/mol. The van der Waals surface area contributed by atoms with Gasteiger partial charge in [-0.3, -0.25) is 10.1 Å². The average molecular weight is 259 g/mol. The molecule has 0 fully saturated rings. The Hall–Kier alpha value is -2.89. The summed E-state index contributed by atoms with van der Waals surface area (Å²) in [6.45, 7) is 0. The van der Waals surface area contributed by atoms with E-state index in [0.717, 1.165) is 0 Å². The molecule has 0 saturated carbocycles. The van der Waals surface area contributed by atoms with Gasteiger partial charge in [-0.05, 0) is 11.6 Å². The van der Waals surface area contributed by atoms with Crippen molar-refractivity contribution in [1.29, 1.82) is 0 Å². The number of aromatic carboxylic acids is 1. The first-order valence-electron chi connectivity index (χ1n) is 5.31. The van der Waals surface area contributed by atoms with Crippen molar-refractivity contribution in [1.82, 2.24) is 0 Å². The molecule has 2 aromatic rings. The molecule has 6 heteroatoms. The van der Waals surface area contributed by atoms with Crippen LogP contribution in [0.15, 0.2) is 42.5 Å². The molecule has 0 radical (unpaired) electrons. The number of phenols is 1. The second-order valence-electron chi connectivity index (χ2n) is 3.81. The fraction of sp³-hybridized carbons (Fsp3) is 0. The zero-order chi connectivity index (χ0) is 14.0. The maximum atomic E-state index is 11.1. The lowest BCUT2D eigenvalue weighted by atomic mass is 9.98. The van der Waals surface area contributed by atoms with Crippen LogP contribution in [0.4, 0.5) is 5.69 Å². The highest BCUT2D eigenvalue weighted by atomic mass is 16.6. The van der Waals surface area contributed by atoms with Crippen molar-refractivity contribution >= 4 is 11.7 Å². The third-order valence-corrected chi connectivity index (χ3v) is 2.62. The first kappa shape index (κ1) is 12.6. The van der Waals surface area contributed by atoms with Gasteiger partial charge in [0.25, 0.3) is 5.69 Å². The lowest BCUT2D eigenvalue weighted by Crippen LogP contribution is -2.00. The van der Waals surface area contributed by atoms with Crippen LogP contribution in [-0.4, -0.2) is 21.1 Å². The minimum Gasteiger partial charge on any atom is -0.507 e. The minimum absolute atomic E-state index is 0.141. The van der Waals surface area contributed by atoms with E-state index in [1.54, 1.807) is 6.07 Å². The summed E-state index contributed by atoms with van der Waals surface area (Å²) in [5.41, 5.74) is 0.180. The van der Waals surface area contributed by atoms with Gasteiger partial charge in [0.2, 0.25) is 0 Å². The summed E-state index contributed by atoms with van der Waals surface area (Å²) < 4.78 is 0. The van der Waals surface area contributed by atoms with Gasteiger partial charge in [-0.15, -0.1) is 0 Å².